The van der Waals surface area contributed by atoms with Crippen LogP contribution in [0.4, 0.5) is 0 Å². The summed E-state index contributed by atoms with van der Waals surface area (Å²) in [4.78, 5) is 11.4. The lowest BCUT2D eigenvalue weighted by Gasteiger charge is -2.10. The highest BCUT2D eigenvalue weighted by molar-refractivity contribution is 7.89. The Hall–Kier alpha value is -1.11. The van der Waals surface area contributed by atoms with E-state index in [1.807, 2.05) is 0 Å². The molecule has 7 heteroatoms. The van der Waals surface area contributed by atoms with E-state index in [4.69, 9.17) is 11.6 Å². The molecule has 0 heterocycles. The minimum atomic E-state index is -3.34. The molecule has 0 radical (unpaired) electrons. The Bertz CT molecular complexity index is 543. The van der Waals surface area contributed by atoms with Crippen LogP contribution in [-0.2, 0) is 16.6 Å². The summed E-state index contributed by atoms with van der Waals surface area (Å²) < 4.78 is 26.0. The van der Waals surface area contributed by atoms with Crippen LogP contribution >= 0.6 is 11.6 Å². The molecule has 1 amide bonds. The lowest BCUT2D eigenvalue weighted by molar-refractivity contribution is 0.0963. The Morgan fingerprint density at radius 3 is 2.40 bits per heavy atom. The van der Waals surface area contributed by atoms with Crippen LogP contribution in [-0.4, -0.2) is 33.0 Å². The van der Waals surface area contributed by atoms with Crippen molar-refractivity contribution < 1.29 is 13.2 Å². The maximum atomic E-state index is 11.8. The number of amides is 1. The summed E-state index contributed by atoms with van der Waals surface area (Å²) in [6, 6.07) is 6.75. The molecule has 0 spiro atoms. The zero-order valence-electron chi connectivity index (χ0n) is 11.5. The van der Waals surface area contributed by atoms with Gasteiger partial charge in [0.25, 0.3) is 5.91 Å². The molecule has 2 N–H and O–H groups in total. The number of halogens is 1. The van der Waals surface area contributed by atoms with Crippen LogP contribution in [0.25, 0.3) is 0 Å². The average molecular weight is 319 g/mol. The third kappa shape index (κ3) is 5.48. The van der Waals surface area contributed by atoms with Gasteiger partial charge in [0.05, 0.1) is 5.75 Å². The number of sulfonamides is 1. The fourth-order valence-corrected chi connectivity index (χ4v) is 3.20. The fourth-order valence-electron chi connectivity index (χ4n) is 1.59. The molecular weight excluding hydrogens is 300 g/mol. The van der Waals surface area contributed by atoms with Gasteiger partial charge in [0.1, 0.15) is 0 Å². The molecule has 1 aromatic carbocycles. The predicted octanol–water partition coefficient (Wildman–Crippen LogP) is 1.34. The number of nitrogens with one attached hydrogen (secondary N) is 2. The van der Waals surface area contributed by atoms with Gasteiger partial charge in [-0.15, -0.1) is 11.6 Å². The van der Waals surface area contributed by atoms with Crippen molar-refractivity contribution in [3.05, 3.63) is 35.4 Å². The zero-order chi connectivity index (χ0) is 15.2. The van der Waals surface area contributed by atoms with Gasteiger partial charge in [-0.3, -0.25) is 4.79 Å². The summed E-state index contributed by atoms with van der Waals surface area (Å²) in [6.07, 6.45) is 0. The Kier molecular flexibility index (Phi) is 6.45. The predicted molar refractivity (Wildman–Crippen MR) is 80.3 cm³/mol. The summed E-state index contributed by atoms with van der Waals surface area (Å²) in [5, 5.41) is 2.52. The van der Waals surface area contributed by atoms with Crippen molar-refractivity contribution in [3.8, 4) is 0 Å². The smallest absolute Gasteiger partial charge is 0.251 e. The molecule has 1 rings (SSSR count). The number of alkyl halides is 1. The second kappa shape index (κ2) is 7.61. The van der Waals surface area contributed by atoms with E-state index in [0.29, 0.717) is 11.4 Å². The molecule has 5 nitrogen and oxygen atoms in total. The van der Waals surface area contributed by atoms with E-state index < -0.39 is 10.0 Å². The van der Waals surface area contributed by atoms with Crippen LogP contribution in [0.5, 0.6) is 0 Å². The molecule has 0 aliphatic heterocycles. The quantitative estimate of drug-likeness (QED) is 0.745. The second-order valence-corrected chi connectivity index (χ2v) is 6.80. The first-order chi connectivity index (χ1) is 9.38. The van der Waals surface area contributed by atoms with Crippen molar-refractivity contribution in [1.29, 1.82) is 0 Å². The number of benzene rings is 1. The highest BCUT2D eigenvalue weighted by Gasteiger charge is 2.14. The second-order valence-electron chi connectivity index (χ2n) is 4.64. The molecule has 0 bridgehead atoms. The summed E-state index contributed by atoms with van der Waals surface area (Å²) in [5.74, 6) is 0.0482. The van der Waals surface area contributed by atoms with Gasteiger partial charge in [-0.2, -0.15) is 0 Å². The fraction of sp³-hybridized carbons (Fsp3) is 0.462. The number of carbonyl (C=O) groups is 1. The van der Waals surface area contributed by atoms with Crippen molar-refractivity contribution >= 4 is 27.5 Å². The molecule has 0 saturated carbocycles. The first-order valence-corrected chi connectivity index (χ1v) is 8.41. The summed E-state index contributed by atoms with van der Waals surface area (Å²) in [7, 11) is -1.78. The van der Waals surface area contributed by atoms with Gasteiger partial charge in [0.15, 0.2) is 0 Å². The lowest BCUT2D eigenvalue weighted by atomic mass is 10.1. The molecule has 0 aliphatic rings. The van der Waals surface area contributed by atoms with Crippen LogP contribution in [0.3, 0.4) is 0 Å². The maximum absolute atomic E-state index is 11.8. The Morgan fingerprint density at radius 2 is 1.90 bits per heavy atom. The number of rotatable bonds is 7. The number of hydrogen-bond donors (Lipinski definition) is 2. The van der Waals surface area contributed by atoms with Crippen LogP contribution in [0.2, 0.25) is 0 Å². The van der Waals surface area contributed by atoms with Gasteiger partial charge in [0, 0.05) is 25.0 Å². The van der Waals surface area contributed by atoms with Crippen molar-refractivity contribution in [1.82, 2.24) is 10.0 Å². The molecule has 1 aromatic rings. The Labute approximate surface area is 124 Å². The van der Waals surface area contributed by atoms with Gasteiger partial charge in [-0.25, -0.2) is 13.1 Å². The van der Waals surface area contributed by atoms with E-state index in [-0.39, 0.29) is 24.1 Å². The van der Waals surface area contributed by atoms with Crippen LogP contribution < -0.4 is 10.0 Å². The number of hydrogen-bond acceptors (Lipinski definition) is 3. The largest absolute Gasteiger partial charge is 0.355 e. The van der Waals surface area contributed by atoms with E-state index in [2.05, 4.69) is 10.0 Å². The molecular formula is C13H19ClN2O3S. The average Bonchev–Trinajstić information content (AvgIpc) is 2.44. The summed E-state index contributed by atoms with van der Waals surface area (Å²) in [6.45, 7) is 1.98. The van der Waals surface area contributed by atoms with Crippen LogP contribution in [0.15, 0.2) is 24.3 Å². The third-order valence-electron chi connectivity index (χ3n) is 2.71. The molecule has 0 aliphatic carbocycles. The van der Waals surface area contributed by atoms with Crippen molar-refractivity contribution in [2.45, 2.75) is 13.5 Å². The van der Waals surface area contributed by atoms with Crippen molar-refractivity contribution in [2.24, 2.45) is 5.92 Å². The lowest BCUT2D eigenvalue weighted by Crippen LogP contribution is -2.29. The molecule has 1 unspecified atom stereocenters. The molecule has 0 fully saturated rings. The third-order valence-corrected chi connectivity index (χ3v) is 4.83. The van der Waals surface area contributed by atoms with E-state index in [0.717, 1.165) is 5.56 Å². The maximum Gasteiger partial charge on any atom is 0.251 e. The van der Waals surface area contributed by atoms with Gasteiger partial charge < -0.3 is 5.32 Å². The first-order valence-electron chi connectivity index (χ1n) is 6.22. The molecule has 1 atom stereocenters. The summed E-state index contributed by atoms with van der Waals surface area (Å²) in [5.41, 5.74) is 1.33. The topological polar surface area (TPSA) is 75.3 Å². The molecule has 0 aromatic heterocycles. The van der Waals surface area contributed by atoms with Gasteiger partial charge in [-0.1, -0.05) is 19.1 Å². The Balaban J connectivity index is 2.60. The molecule has 0 saturated heterocycles. The van der Waals surface area contributed by atoms with Crippen LogP contribution in [0, 0.1) is 5.92 Å². The van der Waals surface area contributed by atoms with Crippen molar-refractivity contribution in [3.63, 3.8) is 0 Å². The first kappa shape index (κ1) is 16.9. The monoisotopic (exact) mass is 318 g/mol. The van der Waals surface area contributed by atoms with E-state index >= 15 is 0 Å². The highest BCUT2D eigenvalue weighted by Crippen LogP contribution is 2.06. The highest BCUT2D eigenvalue weighted by atomic mass is 35.5. The minimum Gasteiger partial charge on any atom is -0.355 e. The van der Waals surface area contributed by atoms with Crippen molar-refractivity contribution in [2.75, 3.05) is 18.7 Å². The Morgan fingerprint density at radius 1 is 1.30 bits per heavy atom. The van der Waals surface area contributed by atoms with Gasteiger partial charge >= 0.3 is 0 Å². The standard InChI is InChI=1S/C13H19ClN2O3S/c1-10(7-14)9-20(18,19)16-8-11-3-5-12(6-4-11)13(17)15-2/h3-6,10,16H,7-9H2,1-2H3,(H,15,17). The van der Waals surface area contributed by atoms with Crippen LogP contribution in [0.1, 0.15) is 22.8 Å². The van der Waals surface area contributed by atoms with Gasteiger partial charge in [-0.05, 0) is 23.6 Å². The SMILES string of the molecule is CNC(=O)c1ccc(CNS(=O)(=O)CC(C)CCl)cc1. The number of carbonyl (C=O) groups excluding carboxylic acids is 1. The van der Waals surface area contributed by atoms with E-state index in [9.17, 15) is 13.2 Å². The molecule has 112 valence electrons. The summed E-state index contributed by atoms with van der Waals surface area (Å²) >= 11 is 5.61. The normalized spacial score (nSPS) is 12.9. The molecule has 20 heavy (non-hydrogen) atoms. The minimum absolute atomic E-state index is 0.00677. The van der Waals surface area contributed by atoms with E-state index in [1.54, 1.807) is 38.2 Å². The van der Waals surface area contributed by atoms with Gasteiger partial charge in [0.2, 0.25) is 10.0 Å². The zero-order valence-corrected chi connectivity index (χ0v) is 13.1. The van der Waals surface area contributed by atoms with E-state index in [1.165, 1.54) is 0 Å².